The molecule has 5 rings (SSSR count). The van der Waals surface area contributed by atoms with Crippen molar-refractivity contribution in [1.29, 1.82) is 0 Å². The maximum absolute atomic E-state index is 13.7. The molecule has 0 fully saturated rings. The highest BCUT2D eigenvalue weighted by molar-refractivity contribution is 5.76. The Morgan fingerprint density at radius 3 is 2.69 bits per heavy atom. The van der Waals surface area contributed by atoms with Crippen LogP contribution in [-0.2, 0) is 11.3 Å². The van der Waals surface area contributed by atoms with Crippen molar-refractivity contribution in [2.75, 3.05) is 27.4 Å². The van der Waals surface area contributed by atoms with Crippen LogP contribution in [0.3, 0.4) is 0 Å². The van der Waals surface area contributed by atoms with Gasteiger partial charge in [0.1, 0.15) is 11.6 Å². The van der Waals surface area contributed by atoms with E-state index in [2.05, 4.69) is 16.0 Å². The van der Waals surface area contributed by atoms with E-state index in [1.54, 1.807) is 14.2 Å². The Balaban J connectivity index is 1.66. The second-order valence-electron chi connectivity index (χ2n) is 8.82. The van der Waals surface area contributed by atoms with Gasteiger partial charge >= 0.3 is 6.03 Å². The summed E-state index contributed by atoms with van der Waals surface area (Å²) in [5.41, 5.74) is 4.82. The molecule has 8 nitrogen and oxygen atoms in total. The lowest BCUT2D eigenvalue weighted by molar-refractivity contribution is 0.174. The first-order valence-electron chi connectivity index (χ1n) is 12.1. The Hall–Kier alpha value is -4.04. The summed E-state index contributed by atoms with van der Waals surface area (Å²) in [5.74, 6) is 1.70. The largest absolute Gasteiger partial charge is 0.497 e. The molecule has 1 atom stereocenters. The second-order valence-corrected chi connectivity index (χ2v) is 8.82. The Morgan fingerprint density at radius 2 is 1.92 bits per heavy atom. The number of fused-ring (bicyclic) bond motifs is 3. The van der Waals surface area contributed by atoms with E-state index in [0.717, 1.165) is 46.2 Å². The molecular weight excluding hydrogens is 454 g/mol. The first-order chi connectivity index (χ1) is 17.6. The number of nitrogens with one attached hydrogen (secondary N) is 1. The number of rotatable bonds is 7. The Kier molecular flexibility index (Phi) is 6.77. The summed E-state index contributed by atoms with van der Waals surface area (Å²) >= 11 is 0. The lowest BCUT2D eigenvalue weighted by Gasteiger charge is -2.31. The van der Waals surface area contributed by atoms with Gasteiger partial charge in [0.05, 0.1) is 36.8 Å². The average molecular weight is 486 g/mol. The van der Waals surface area contributed by atoms with E-state index >= 15 is 0 Å². The molecule has 4 aromatic rings. The van der Waals surface area contributed by atoms with Crippen molar-refractivity contribution in [2.45, 2.75) is 25.9 Å². The number of urea groups is 1. The van der Waals surface area contributed by atoms with Crippen molar-refractivity contribution in [1.82, 2.24) is 24.6 Å². The Labute approximate surface area is 211 Å². The Morgan fingerprint density at radius 1 is 1.08 bits per heavy atom. The normalized spacial score (nSPS) is 14.6. The van der Waals surface area contributed by atoms with Crippen LogP contribution in [0.5, 0.6) is 5.75 Å². The SMILES string of the molecule is COCCCNC(=O)N1Cc2c(C)nn(-c3ccccc3)c2-n2cccc2[C@H]1c1cccc(OC)c1. The molecule has 1 aliphatic heterocycles. The number of benzene rings is 2. The van der Waals surface area contributed by atoms with E-state index in [4.69, 9.17) is 14.6 Å². The van der Waals surface area contributed by atoms with Crippen LogP contribution in [0.15, 0.2) is 72.9 Å². The molecule has 0 spiro atoms. The van der Waals surface area contributed by atoms with E-state index < -0.39 is 0 Å². The zero-order valence-electron chi connectivity index (χ0n) is 20.8. The van der Waals surface area contributed by atoms with Crippen LogP contribution >= 0.6 is 0 Å². The number of methoxy groups -OCH3 is 2. The summed E-state index contributed by atoms with van der Waals surface area (Å²) in [6.07, 6.45) is 2.79. The van der Waals surface area contributed by atoms with Gasteiger partial charge in [-0.2, -0.15) is 5.10 Å². The van der Waals surface area contributed by atoms with E-state index in [-0.39, 0.29) is 12.1 Å². The molecule has 3 heterocycles. The fourth-order valence-corrected chi connectivity index (χ4v) is 4.83. The van der Waals surface area contributed by atoms with Gasteiger partial charge in [0.15, 0.2) is 0 Å². The van der Waals surface area contributed by atoms with Crippen LogP contribution in [-0.4, -0.2) is 52.6 Å². The number of hydrogen-bond acceptors (Lipinski definition) is 4. The highest BCUT2D eigenvalue weighted by Gasteiger charge is 2.36. The van der Waals surface area contributed by atoms with Crippen LogP contribution < -0.4 is 10.1 Å². The van der Waals surface area contributed by atoms with Crippen LogP contribution in [0.4, 0.5) is 4.79 Å². The Bertz CT molecular complexity index is 1340. The van der Waals surface area contributed by atoms with Crippen molar-refractivity contribution in [3.8, 4) is 17.3 Å². The second kappa shape index (κ2) is 10.3. The van der Waals surface area contributed by atoms with E-state index in [9.17, 15) is 4.79 Å². The van der Waals surface area contributed by atoms with Gasteiger partial charge in [0.25, 0.3) is 0 Å². The summed E-state index contributed by atoms with van der Waals surface area (Å²) in [6, 6.07) is 21.6. The molecule has 2 aromatic carbocycles. The van der Waals surface area contributed by atoms with Gasteiger partial charge in [0, 0.05) is 32.0 Å². The number of para-hydroxylation sites is 1. The van der Waals surface area contributed by atoms with Crippen molar-refractivity contribution in [3.63, 3.8) is 0 Å². The summed E-state index contributed by atoms with van der Waals surface area (Å²) in [4.78, 5) is 15.6. The quantitative estimate of drug-likeness (QED) is 0.388. The number of hydrogen-bond donors (Lipinski definition) is 1. The van der Waals surface area contributed by atoms with Gasteiger partial charge in [0.2, 0.25) is 0 Å². The van der Waals surface area contributed by atoms with Gasteiger partial charge in [-0.15, -0.1) is 0 Å². The summed E-state index contributed by atoms with van der Waals surface area (Å²) in [7, 11) is 3.32. The first-order valence-corrected chi connectivity index (χ1v) is 12.1. The van der Waals surface area contributed by atoms with Crippen LogP contribution in [0.2, 0.25) is 0 Å². The van der Waals surface area contributed by atoms with Crippen molar-refractivity contribution < 1.29 is 14.3 Å². The monoisotopic (exact) mass is 485 g/mol. The van der Waals surface area contributed by atoms with Crippen LogP contribution in [0, 0.1) is 6.92 Å². The molecule has 2 amide bonds. The molecule has 0 saturated carbocycles. The average Bonchev–Trinajstić information content (AvgIpc) is 3.47. The molecule has 0 radical (unpaired) electrons. The van der Waals surface area contributed by atoms with Crippen LogP contribution in [0.1, 0.15) is 35.0 Å². The van der Waals surface area contributed by atoms with Gasteiger partial charge in [-0.05, 0) is 55.3 Å². The van der Waals surface area contributed by atoms with E-state index in [1.807, 2.05) is 83.4 Å². The molecule has 36 heavy (non-hydrogen) atoms. The highest BCUT2D eigenvalue weighted by atomic mass is 16.5. The van der Waals surface area contributed by atoms with Crippen molar-refractivity contribution in [3.05, 3.63) is 95.4 Å². The zero-order valence-corrected chi connectivity index (χ0v) is 20.8. The smallest absolute Gasteiger partial charge is 0.318 e. The molecule has 0 saturated heterocycles. The van der Waals surface area contributed by atoms with Gasteiger partial charge < -0.3 is 24.3 Å². The third kappa shape index (κ3) is 4.35. The number of carbonyl (C=O) groups is 1. The number of amides is 2. The number of aryl methyl sites for hydroxylation is 1. The topological polar surface area (TPSA) is 73.5 Å². The predicted molar refractivity (Wildman–Crippen MR) is 138 cm³/mol. The minimum absolute atomic E-state index is 0.133. The number of nitrogens with zero attached hydrogens (tertiary/aromatic N) is 4. The summed E-state index contributed by atoms with van der Waals surface area (Å²) < 4.78 is 14.8. The van der Waals surface area contributed by atoms with Gasteiger partial charge in [-0.1, -0.05) is 30.3 Å². The number of carbonyl (C=O) groups excluding carboxylic acids is 1. The molecule has 8 heteroatoms. The molecule has 2 aromatic heterocycles. The van der Waals surface area contributed by atoms with E-state index in [0.29, 0.717) is 19.7 Å². The lowest BCUT2D eigenvalue weighted by atomic mass is 10.0. The molecular formula is C28H31N5O3. The zero-order chi connectivity index (χ0) is 25.1. The fourth-order valence-electron chi connectivity index (χ4n) is 4.83. The standard InChI is InChI=1S/C28H31N5O3/c1-20-24-19-32(28(34)29-15-9-17-35-2)26(21-10-7-13-23(18-21)36-3)25-14-8-16-31(25)27(24)33(30-20)22-11-5-4-6-12-22/h4-8,10-14,16,18,26H,9,15,17,19H2,1-3H3,(H,29,34)/t26-/m1/s1. The third-order valence-corrected chi connectivity index (χ3v) is 6.56. The van der Waals surface area contributed by atoms with Crippen molar-refractivity contribution >= 4 is 6.03 Å². The maximum Gasteiger partial charge on any atom is 0.318 e. The molecule has 1 N–H and O–H groups in total. The summed E-state index contributed by atoms with van der Waals surface area (Å²) in [5, 5.41) is 7.98. The molecule has 0 unspecified atom stereocenters. The molecule has 0 bridgehead atoms. The fraction of sp³-hybridized carbons (Fsp3) is 0.286. The maximum atomic E-state index is 13.7. The van der Waals surface area contributed by atoms with Gasteiger partial charge in [-0.25, -0.2) is 9.48 Å². The first kappa shape index (κ1) is 23.7. The molecule has 186 valence electrons. The summed E-state index contributed by atoms with van der Waals surface area (Å²) in [6.45, 7) is 3.54. The predicted octanol–water partition coefficient (Wildman–Crippen LogP) is 4.63. The minimum atomic E-state index is -0.325. The van der Waals surface area contributed by atoms with Crippen LogP contribution in [0.25, 0.3) is 11.5 Å². The highest BCUT2D eigenvalue weighted by Crippen LogP contribution is 2.39. The van der Waals surface area contributed by atoms with E-state index in [1.165, 1.54) is 0 Å². The van der Waals surface area contributed by atoms with Gasteiger partial charge in [-0.3, -0.25) is 0 Å². The number of ether oxygens (including phenoxy) is 2. The van der Waals surface area contributed by atoms with Crippen molar-refractivity contribution in [2.24, 2.45) is 0 Å². The molecule has 1 aliphatic rings. The minimum Gasteiger partial charge on any atom is -0.497 e. The number of aromatic nitrogens is 3. The molecule has 0 aliphatic carbocycles. The third-order valence-electron chi connectivity index (χ3n) is 6.56. The lowest BCUT2D eigenvalue weighted by Crippen LogP contribution is -2.42.